The van der Waals surface area contributed by atoms with Gasteiger partial charge in [-0.2, -0.15) is 0 Å². The Morgan fingerprint density at radius 1 is 1.19 bits per heavy atom. The Morgan fingerprint density at radius 3 is 2.57 bits per heavy atom. The van der Waals surface area contributed by atoms with Crippen LogP contribution in [0.2, 0.25) is 0 Å². The van der Waals surface area contributed by atoms with Crippen LogP contribution in [0.3, 0.4) is 0 Å². The molecule has 6 heteroatoms. The Kier molecular flexibility index (Phi) is 4.84. The van der Waals surface area contributed by atoms with Crippen molar-refractivity contribution in [3.8, 4) is 11.6 Å². The van der Waals surface area contributed by atoms with Gasteiger partial charge in [-0.05, 0) is 19.2 Å². The van der Waals surface area contributed by atoms with E-state index in [-0.39, 0.29) is 11.6 Å². The number of para-hydroxylation sites is 1. The van der Waals surface area contributed by atoms with Crippen molar-refractivity contribution >= 4 is 5.91 Å². The zero-order chi connectivity index (χ0) is 15.2. The molecule has 0 saturated heterocycles. The van der Waals surface area contributed by atoms with Crippen LogP contribution < -0.4 is 10.1 Å². The number of rotatable bonds is 5. The van der Waals surface area contributed by atoms with Gasteiger partial charge in [-0.25, -0.2) is 0 Å². The van der Waals surface area contributed by atoms with E-state index in [1.807, 2.05) is 31.3 Å². The fraction of sp³-hybridized carbons (Fsp3) is 0.267. The Balaban J connectivity index is 2.16. The summed E-state index contributed by atoms with van der Waals surface area (Å²) in [6.45, 7) is 0.695. The lowest BCUT2D eigenvalue weighted by atomic mass is 10.2. The third-order valence-electron chi connectivity index (χ3n) is 2.82. The molecule has 0 fully saturated rings. The third-order valence-corrected chi connectivity index (χ3v) is 2.82. The van der Waals surface area contributed by atoms with Crippen molar-refractivity contribution in [3.63, 3.8) is 0 Å². The highest BCUT2D eigenvalue weighted by Crippen LogP contribution is 2.23. The maximum absolute atomic E-state index is 11.7. The molecule has 1 heterocycles. The fourth-order valence-corrected chi connectivity index (χ4v) is 1.77. The van der Waals surface area contributed by atoms with Crippen LogP contribution in [0.1, 0.15) is 16.1 Å². The topological polar surface area (TPSA) is 67.3 Å². The van der Waals surface area contributed by atoms with Gasteiger partial charge in [0.25, 0.3) is 5.91 Å². The molecule has 2 aromatic rings. The van der Waals surface area contributed by atoms with Crippen LogP contribution in [0.5, 0.6) is 11.6 Å². The molecule has 1 aromatic carbocycles. The quantitative estimate of drug-likeness (QED) is 0.906. The van der Waals surface area contributed by atoms with Crippen molar-refractivity contribution in [1.82, 2.24) is 20.4 Å². The molecule has 1 N–H and O–H groups in total. The number of nitrogens with one attached hydrogen (secondary N) is 1. The Labute approximate surface area is 123 Å². The summed E-state index contributed by atoms with van der Waals surface area (Å²) < 4.78 is 5.72. The van der Waals surface area contributed by atoms with E-state index in [1.54, 1.807) is 26.2 Å². The molecule has 0 saturated carbocycles. The molecular weight excluding hydrogens is 268 g/mol. The van der Waals surface area contributed by atoms with Crippen molar-refractivity contribution < 1.29 is 9.53 Å². The largest absolute Gasteiger partial charge is 0.437 e. The average molecular weight is 286 g/mol. The molecule has 21 heavy (non-hydrogen) atoms. The monoisotopic (exact) mass is 286 g/mol. The van der Waals surface area contributed by atoms with E-state index in [0.29, 0.717) is 18.2 Å². The van der Waals surface area contributed by atoms with Gasteiger partial charge in [-0.1, -0.05) is 18.2 Å². The zero-order valence-electron chi connectivity index (χ0n) is 12.3. The number of hydrogen-bond donors (Lipinski definition) is 1. The molecule has 0 bridgehead atoms. The molecule has 110 valence electrons. The molecular formula is C15H18N4O2. The summed E-state index contributed by atoms with van der Waals surface area (Å²) in [5, 5.41) is 10.9. The van der Waals surface area contributed by atoms with Crippen LogP contribution in [0.15, 0.2) is 36.4 Å². The van der Waals surface area contributed by atoms with Crippen molar-refractivity contribution in [2.75, 3.05) is 21.1 Å². The summed E-state index contributed by atoms with van der Waals surface area (Å²) in [6.07, 6.45) is 0. The summed E-state index contributed by atoms with van der Waals surface area (Å²) in [4.78, 5) is 13.2. The summed E-state index contributed by atoms with van der Waals surface area (Å²) in [7, 11) is 5.21. The van der Waals surface area contributed by atoms with Gasteiger partial charge in [0.1, 0.15) is 5.75 Å². The first-order chi connectivity index (χ1) is 10.1. The Morgan fingerprint density at radius 2 is 1.95 bits per heavy atom. The van der Waals surface area contributed by atoms with E-state index in [0.717, 1.165) is 5.56 Å². The minimum atomic E-state index is -0.190. The van der Waals surface area contributed by atoms with Crippen LogP contribution in [-0.4, -0.2) is 42.1 Å². The van der Waals surface area contributed by atoms with E-state index in [1.165, 1.54) is 4.90 Å². The minimum absolute atomic E-state index is 0.190. The maximum atomic E-state index is 11.7. The van der Waals surface area contributed by atoms with Gasteiger partial charge in [-0.15, -0.1) is 10.2 Å². The van der Waals surface area contributed by atoms with Crippen molar-refractivity contribution in [1.29, 1.82) is 0 Å². The van der Waals surface area contributed by atoms with Crippen LogP contribution in [0.4, 0.5) is 0 Å². The summed E-state index contributed by atoms with van der Waals surface area (Å²) >= 11 is 0. The van der Waals surface area contributed by atoms with Crippen LogP contribution >= 0.6 is 0 Å². The molecule has 0 aliphatic carbocycles. The van der Waals surface area contributed by atoms with E-state index in [2.05, 4.69) is 15.5 Å². The molecule has 1 amide bonds. The van der Waals surface area contributed by atoms with E-state index >= 15 is 0 Å². The highest BCUT2D eigenvalue weighted by molar-refractivity contribution is 5.91. The van der Waals surface area contributed by atoms with Crippen molar-refractivity contribution in [3.05, 3.63) is 47.7 Å². The predicted octanol–water partition coefficient (Wildman–Crippen LogP) is 1.69. The van der Waals surface area contributed by atoms with Gasteiger partial charge in [0.05, 0.1) is 0 Å². The molecule has 0 aliphatic heterocycles. The molecule has 6 nitrogen and oxygen atoms in total. The first kappa shape index (κ1) is 14.9. The van der Waals surface area contributed by atoms with Gasteiger partial charge in [0, 0.05) is 32.3 Å². The Hall–Kier alpha value is -2.47. The predicted molar refractivity (Wildman–Crippen MR) is 79.3 cm³/mol. The Bertz CT molecular complexity index is 611. The van der Waals surface area contributed by atoms with Gasteiger partial charge < -0.3 is 15.0 Å². The first-order valence-corrected chi connectivity index (χ1v) is 6.57. The van der Waals surface area contributed by atoms with Gasteiger partial charge in [-0.3, -0.25) is 4.79 Å². The summed E-state index contributed by atoms with van der Waals surface area (Å²) in [5.41, 5.74) is 1.31. The normalized spacial score (nSPS) is 10.2. The number of nitrogens with zero attached hydrogens (tertiary/aromatic N) is 3. The first-order valence-electron chi connectivity index (χ1n) is 6.57. The van der Waals surface area contributed by atoms with Gasteiger partial charge >= 0.3 is 0 Å². The average Bonchev–Trinajstić information content (AvgIpc) is 2.49. The molecule has 0 atom stereocenters. The third kappa shape index (κ3) is 3.76. The second kappa shape index (κ2) is 6.81. The second-order valence-corrected chi connectivity index (χ2v) is 4.70. The van der Waals surface area contributed by atoms with Crippen LogP contribution in [0.25, 0.3) is 0 Å². The van der Waals surface area contributed by atoms with Crippen LogP contribution in [-0.2, 0) is 6.54 Å². The number of aromatic nitrogens is 2. The smallest absolute Gasteiger partial charge is 0.273 e. The van der Waals surface area contributed by atoms with Gasteiger partial charge in [0.15, 0.2) is 5.69 Å². The van der Waals surface area contributed by atoms with Crippen molar-refractivity contribution in [2.45, 2.75) is 6.54 Å². The standard InChI is InChI=1S/C15H18N4O2/c1-16-10-11-6-4-5-7-13(11)21-14-9-8-12(17-18-14)15(20)19(2)3/h4-9,16H,10H2,1-3H3. The van der Waals surface area contributed by atoms with E-state index < -0.39 is 0 Å². The lowest BCUT2D eigenvalue weighted by Crippen LogP contribution is -2.23. The molecule has 0 spiro atoms. The molecule has 1 aromatic heterocycles. The highest BCUT2D eigenvalue weighted by atomic mass is 16.5. The molecule has 2 rings (SSSR count). The highest BCUT2D eigenvalue weighted by Gasteiger charge is 2.11. The lowest BCUT2D eigenvalue weighted by Gasteiger charge is -2.11. The zero-order valence-corrected chi connectivity index (χ0v) is 12.3. The number of carbonyl (C=O) groups excluding carboxylic acids is 1. The molecule has 0 radical (unpaired) electrons. The van der Waals surface area contributed by atoms with E-state index in [4.69, 9.17) is 4.74 Å². The number of carbonyl (C=O) groups is 1. The van der Waals surface area contributed by atoms with E-state index in [9.17, 15) is 4.79 Å². The maximum Gasteiger partial charge on any atom is 0.273 e. The number of hydrogen-bond acceptors (Lipinski definition) is 5. The summed E-state index contributed by atoms with van der Waals surface area (Å²) in [6, 6.07) is 10.9. The van der Waals surface area contributed by atoms with Gasteiger partial charge in [0.2, 0.25) is 5.88 Å². The molecule has 0 aliphatic rings. The number of ether oxygens (including phenoxy) is 1. The molecule has 0 unspecified atom stereocenters. The minimum Gasteiger partial charge on any atom is -0.437 e. The van der Waals surface area contributed by atoms with Crippen LogP contribution in [0, 0.1) is 0 Å². The number of amides is 1. The summed E-state index contributed by atoms with van der Waals surface area (Å²) in [5.74, 6) is 0.881. The number of benzene rings is 1. The second-order valence-electron chi connectivity index (χ2n) is 4.70. The lowest BCUT2D eigenvalue weighted by molar-refractivity contribution is 0.0820. The van der Waals surface area contributed by atoms with Crippen molar-refractivity contribution in [2.24, 2.45) is 0 Å². The SMILES string of the molecule is CNCc1ccccc1Oc1ccc(C(=O)N(C)C)nn1. The fourth-order valence-electron chi connectivity index (χ4n) is 1.77.